The van der Waals surface area contributed by atoms with E-state index in [1.807, 2.05) is 25.1 Å². The van der Waals surface area contributed by atoms with Crippen LogP contribution in [0.1, 0.15) is 24.2 Å². The number of methoxy groups -OCH3 is 2. The number of nitrogens with zero attached hydrogens (tertiary/aromatic N) is 1. The number of carbonyl (C=O) groups excluding carboxylic acids is 1. The van der Waals surface area contributed by atoms with Crippen molar-refractivity contribution in [2.24, 2.45) is 0 Å². The van der Waals surface area contributed by atoms with Crippen molar-refractivity contribution in [2.45, 2.75) is 19.5 Å². The smallest absolute Gasteiger partial charge is 0.315 e. The van der Waals surface area contributed by atoms with Crippen LogP contribution in [0.15, 0.2) is 30.5 Å². The van der Waals surface area contributed by atoms with Crippen molar-refractivity contribution in [2.75, 3.05) is 14.2 Å². The van der Waals surface area contributed by atoms with Gasteiger partial charge in [-0.25, -0.2) is 4.79 Å². The molecule has 2 amide bonds. The van der Waals surface area contributed by atoms with Crippen molar-refractivity contribution in [3.05, 3.63) is 41.7 Å². The van der Waals surface area contributed by atoms with E-state index in [1.54, 1.807) is 26.5 Å². The largest absolute Gasteiger partial charge is 0.497 e. The number of urea groups is 1. The standard InChI is InChI=1S/C15H20N4O3/c1-10(13-8-12(21-2)4-5-14(13)22-3)18-15(20)16-9-11-6-7-17-19-11/h4-8,10H,9H2,1-3H3,(H,17,19)(H2,16,18,20)/t10-/m0/s1. The summed E-state index contributed by atoms with van der Waals surface area (Å²) < 4.78 is 10.5. The summed E-state index contributed by atoms with van der Waals surface area (Å²) in [6.07, 6.45) is 1.64. The fourth-order valence-corrected chi connectivity index (χ4v) is 2.06. The van der Waals surface area contributed by atoms with E-state index in [0.717, 1.165) is 11.3 Å². The predicted molar refractivity (Wildman–Crippen MR) is 81.9 cm³/mol. The lowest BCUT2D eigenvalue weighted by Crippen LogP contribution is -2.36. The van der Waals surface area contributed by atoms with Gasteiger partial charge < -0.3 is 20.1 Å². The second kappa shape index (κ2) is 7.35. The molecule has 0 fully saturated rings. The number of amides is 2. The first-order valence-corrected chi connectivity index (χ1v) is 6.88. The van der Waals surface area contributed by atoms with Crippen LogP contribution in [0, 0.1) is 0 Å². The zero-order valence-electron chi connectivity index (χ0n) is 12.8. The highest BCUT2D eigenvalue weighted by molar-refractivity contribution is 5.74. The van der Waals surface area contributed by atoms with Gasteiger partial charge in [-0.3, -0.25) is 5.10 Å². The SMILES string of the molecule is COc1ccc(OC)c([C@H](C)NC(=O)NCc2ccn[nH]2)c1. The van der Waals surface area contributed by atoms with Crippen LogP contribution in [-0.4, -0.2) is 30.4 Å². The van der Waals surface area contributed by atoms with Gasteiger partial charge in [-0.05, 0) is 31.2 Å². The monoisotopic (exact) mass is 304 g/mol. The van der Waals surface area contributed by atoms with E-state index in [-0.39, 0.29) is 12.1 Å². The number of hydrogen-bond acceptors (Lipinski definition) is 4. The van der Waals surface area contributed by atoms with E-state index in [1.165, 1.54) is 0 Å². The van der Waals surface area contributed by atoms with Gasteiger partial charge in [0.2, 0.25) is 0 Å². The maximum atomic E-state index is 11.9. The summed E-state index contributed by atoms with van der Waals surface area (Å²) in [6, 6.07) is 6.77. The number of aromatic amines is 1. The molecule has 0 spiro atoms. The highest BCUT2D eigenvalue weighted by Gasteiger charge is 2.15. The average Bonchev–Trinajstić information content (AvgIpc) is 3.05. The van der Waals surface area contributed by atoms with E-state index in [2.05, 4.69) is 20.8 Å². The van der Waals surface area contributed by atoms with Gasteiger partial charge >= 0.3 is 6.03 Å². The summed E-state index contributed by atoms with van der Waals surface area (Å²) in [7, 11) is 3.19. The van der Waals surface area contributed by atoms with E-state index >= 15 is 0 Å². The minimum Gasteiger partial charge on any atom is -0.497 e. The third kappa shape index (κ3) is 3.91. The Morgan fingerprint density at radius 2 is 2.14 bits per heavy atom. The lowest BCUT2D eigenvalue weighted by Gasteiger charge is -2.18. The summed E-state index contributed by atoms with van der Waals surface area (Å²) in [5.74, 6) is 1.41. The minimum absolute atomic E-state index is 0.230. The lowest BCUT2D eigenvalue weighted by molar-refractivity contribution is 0.237. The molecular formula is C15H20N4O3. The average molecular weight is 304 g/mol. The summed E-state index contributed by atoms with van der Waals surface area (Å²) in [6.45, 7) is 2.26. The van der Waals surface area contributed by atoms with Gasteiger partial charge in [0.1, 0.15) is 11.5 Å². The molecule has 22 heavy (non-hydrogen) atoms. The second-order valence-electron chi connectivity index (χ2n) is 4.74. The molecule has 2 rings (SSSR count). The van der Waals surface area contributed by atoms with Gasteiger partial charge in [-0.15, -0.1) is 0 Å². The lowest BCUT2D eigenvalue weighted by atomic mass is 10.1. The fraction of sp³-hybridized carbons (Fsp3) is 0.333. The summed E-state index contributed by atoms with van der Waals surface area (Å²) in [4.78, 5) is 11.9. The van der Waals surface area contributed by atoms with Crippen molar-refractivity contribution in [3.63, 3.8) is 0 Å². The maximum Gasteiger partial charge on any atom is 0.315 e. The molecule has 0 aliphatic rings. The molecule has 0 radical (unpaired) electrons. The van der Waals surface area contributed by atoms with Gasteiger partial charge in [0.05, 0.1) is 32.5 Å². The first-order chi connectivity index (χ1) is 10.6. The Morgan fingerprint density at radius 1 is 1.32 bits per heavy atom. The minimum atomic E-state index is -0.271. The third-order valence-corrected chi connectivity index (χ3v) is 3.25. The Balaban J connectivity index is 1.98. The molecular weight excluding hydrogens is 284 g/mol. The van der Waals surface area contributed by atoms with Gasteiger partial charge in [-0.1, -0.05) is 0 Å². The van der Waals surface area contributed by atoms with E-state index in [0.29, 0.717) is 18.0 Å². The number of H-pyrrole nitrogens is 1. The normalized spacial score (nSPS) is 11.6. The number of nitrogens with one attached hydrogen (secondary N) is 3. The summed E-state index contributed by atoms with van der Waals surface area (Å²) in [5, 5.41) is 12.2. The number of ether oxygens (including phenoxy) is 2. The molecule has 1 heterocycles. The molecule has 0 unspecified atom stereocenters. The fourth-order valence-electron chi connectivity index (χ4n) is 2.06. The van der Waals surface area contributed by atoms with Crippen LogP contribution in [0.25, 0.3) is 0 Å². The molecule has 0 aliphatic heterocycles. The van der Waals surface area contributed by atoms with E-state index in [4.69, 9.17) is 9.47 Å². The Kier molecular flexibility index (Phi) is 5.24. The van der Waals surface area contributed by atoms with E-state index < -0.39 is 0 Å². The number of benzene rings is 1. The number of carbonyl (C=O) groups is 1. The predicted octanol–water partition coefficient (Wildman–Crippen LogP) is 1.99. The van der Waals surface area contributed by atoms with Crippen molar-refractivity contribution in [3.8, 4) is 11.5 Å². The Bertz CT molecular complexity index is 613. The van der Waals surface area contributed by atoms with Gasteiger partial charge in [0, 0.05) is 11.8 Å². The summed E-state index contributed by atoms with van der Waals surface area (Å²) >= 11 is 0. The molecule has 1 atom stereocenters. The van der Waals surface area contributed by atoms with Crippen LogP contribution in [-0.2, 0) is 6.54 Å². The highest BCUT2D eigenvalue weighted by Crippen LogP contribution is 2.29. The van der Waals surface area contributed by atoms with Gasteiger partial charge in [-0.2, -0.15) is 5.10 Å². The van der Waals surface area contributed by atoms with Crippen molar-refractivity contribution < 1.29 is 14.3 Å². The topological polar surface area (TPSA) is 88.3 Å². The molecule has 1 aromatic heterocycles. The van der Waals surface area contributed by atoms with Crippen LogP contribution in [0.3, 0.4) is 0 Å². The van der Waals surface area contributed by atoms with Crippen LogP contribution in [0.2, 0.25) is 0 Å². The molecule has 2 aromatic rings. The molecule has 118 valence electrons. The Morgan fingerprint density at radius 3 is 2.77 bits per heavy atom. The first-order valence-electron chi connectivity index (χ1n) is 6.88. The number of rotatable bonds is 6. The highest BCUT2D eigenvalue weighted by atomic mass is 16.5. The molecule has 0 saturated carbocycles. The molecule has 7 nitrogen and oxygen atoms in total. The number of aromatic nitrogens is 2. The Hall–Kier alpha value is -2.70. The van der Waals surface area contributed by atoms with Gasteiger partial charge in [0.25, 0.3) is 0 Å². The quantitative estimate of drug-likeness (QED) is 0.761. The number of hydrogen-bond donors (Lipinski definition) is 3. The van der Waals surface area contributed by atoms with Crippen molar-refractivity contribution in [1.82, 2.24) is 20.8 Å². The molecule has 0 bridgehead atoms. The van der Waals surface area contributed by atoms with Crippen LogP contribution in [0.5, 0.6) is 11.5 Å². The maximum absolute atomic E-state index is 11.9. The van der Waals surface area contributed by atoms with Crippen molar-refractivity contribution >= 4 is 6.03 Å². The molecule has 7 heteroatoms. The zero-order chi connectivity index (χ0) is 15.9. The van der Waals surface area contributed by atoms with Crippen LogP contribution in [0.4, 0.5) is 4.79 Å². The third-order valence-electron chi connectivity index (χ3n) is 3.25. The van der Waals surface area contributed by atoms with Crippen LogP contribution < -0.4 is 20.1 Å². The first kappa shape index (κ1) is 15.7. The van der Waals surface area contributed by atoms with Gasteiger partial charge in [0.15, 0.2) is 0 Å². The second-order valence-corrected chi connectivity index (χ2v) is 4.74. The molecule has 3 N–H and O–H groups in total. The van der Waals surface area contributed by atoms with Crippen LogP contribution >= 0.6 is 0 Å². The van der Waals surface area contributed by atoms with E-state index in [9.17, 15) is 4.79 Å². The zero-order valence-corrected chi connectivity index (χ0v) is 12.8. The molecule has 0 saturated heterocycles. The Labute approximate surface area is 129 Å². The molecule has 1 aromatic carbocycles. The van der Waals surface area contributed by atoms with Crippen molar-refractivity contribution in [1.29, 1.82) is 0 Å². The summed E-state index contributed by atoms with van der Waals surface area (Å²) in [5.41, 5.74) is 1.68. The molecule has 0 aliphatic carbocycles.